The third-order valence-corrected chi connectivity index (χ3v) is 2.07. The van der Waals surface area contributed by atoms with E-state index in [4.69, 9.17) is 10.2 Å². The van der Waals surface area contributed by atoms with Gasteiger partial charge in [-0.25, -0.2) is 0 Å². The lowest BCUT2D eigenvalue weighted by atomic mass is 10.3. The molecule has 0 aromatic carbocycles. The average Bonchev–Trinajstić information content (AvgIpc) is 2.47. The highest BCUT2D eigenvalue weighted by Gasteiger charge is 2.24. The summed E-state index contributed by atoms with van der Waals surface area (Å²) < 4.78 is 0. The molecule has 2 N–H and O–H groups in total. The number of carbonyl (C=O) groups is 2. The van der Waals surface area contributed by atoms with E-state index in [0.717, 1.165) is 0 Å². The first-order chi connectivity index (χ1) is 6.09. The number of hydrogen-bond acceptors (Lipinski definition) is 3. The van der Waals surface area contributed by atoms with Gasteiger partial charge in [-0.05, 0) is 6.42 Å². The molecule has 1 aliphatic heterocycles. The predicted molar refractivity (Wildman–Crippen MR) is 44.1 cm³/mol. The number of likely N-dealkylation sites (tertiary alicyclic amines) is 1. The van der Waals surface area contributed by atoms with Crippen LogP contribution in [0.2, 0.25) is 0 Å². The Kier molecular flexibility index (Phi) is 3.25. The molecule has 0 radical (unpaired) electrons. The largest absolute Gasteiger partial charge is 0.481 e. The van der Waals surface area contributed by atoms with Gasteiger partial charge in [-0.1, -0.05) is 0 Å². The number of rotatable bonds is 3. The van der Waals surface area contributed by atoms with Gasteiger partial charge in [0.25, 0.3) is 0 Å². The normalized spacial score (nSPS) is 21.9. The SMILES string of the molecule is O=C(O)CCC(=O)N1CC[C@H](O)C1. The molecule has 5 heteroatoms. The zero-order chi connectivity index (χ0) is 9.84. The summed E-state index contributed by atoms with van der Waals surface area (Å²) in [4.78, 5) is 22.9. The van der Waals surface area contributed by atoms with Gasteiger partial charge < -0.3 is 15.1 Å². The zero-order valence-corrected chi connectivity index (χ0v) is 7.27. The van der Waals surface area contributed by atoms with E-state index in [9.17, 15) is 9.59 Å². The standard InChI is InChI=1S/C8H13NO4/c10-6-3-4-9(5-6)7(11)1-2-8(12)13/h6,10H,1-5H2,(H,12,13)/t6-/m0/s1. The Labute approximate surface area is 76.0 Å². The van der Waals surface area contributed by atoms with Gasteiger partial charge >= 0.3 is 5.97 Å². The first kappa shape index (κ1) is 9.98. The fraction of sp³-hybridized carbons (Fsp3) is 0.750. The van der Waals surface area contributed by atoms with Crippen LogP contribution in [0.15, 0.2) is 0 Å². The Hall–Kier alpha value is -1.10. The Bertz CT molecular complexity index is 216. The number of carboxylic acid groups (broad SMARTS) is 1. The van der Waals surface area contributed by atoms with Crippen molar-refractivity contribution in [3.8, 4) is 0 Å². The van der Waals surface area contributed by atoms with Gasteiger partial charge in [0, 0.05) is 19.5 Å². The highest BCUT2D eigenvalue weighted by Crippen LogP contribution is 2.10. The second-order valence-electron chi connectivity index (χ2n) is 3.18. The number of carboxylic acids is 1. The molecule has 1 fully saturated rings. The number of aliphatic carboxylic acids is 1. The molecule has 0 aromatic rings. The summed E-state index contributed by atoms with van der Waals surface area (Å²) in [5.74, 6) is -1.15. The van der Waals surface area contributed by atoms with Gasteiger partial charge in [-0.15, -0.1) is 0 Å². The van der Waals surface area contributed by atoms with Crippen LogP contribution in [0.1, 0.15) is 19.3 Å². The van der Waals surface area contributed by atoms with Crippen molar-refractivity contribution in [1.82, 2.24) is 4.90 Å². The molecule has 13 heavy (non-hydrogen) atoms. The molecule has 0 aliphatic carbocycles. The molecule has 1 atom stereocenters. The maximum absolute atomic E-state index is 11.2. The summed E-state index contributed by atoms with van der Waals surface area (Å²) in [6, 6.07) is 0. The summed E-state index contributed by atoms with van der Waals surface area (Å²) in [7, 11) is 0. The molecule has 0 unspecified atom stereocenters. The topological polar surface area (TPSA) is 77.8 Å². The zero-order valence-electron chi connectivity index (χ0n) is 7.27. The van der Waals surface area contributed by atoms with Crippen LogP contribution in [0.5, 0.6) is 0 Å². The summed E-state index contributed by atoms with van der Waals surface area (Å²) in [5, 5.41) is 17.5. The second-order valence-corrected chi connectivity index (χ2v) is 3.18. The summed E-state index contributed by atoms with van der Waals surface area (Å²) in [6.07, 6.45) is 0.0560. The number of aliphatic hydroxyl groups excluding tert-OH is 1. The molecule has 0 spiro atoms. The van der Waals surface area contributed by atoms with Crippen molar-refractivity contribution in [3.05, 3.63) is 0 Å². The number of hydrogen-bond donors (Lipinski definition) is 2. The van der Waals surface area contributed by atoms with Crippen molar-refractivity contribution < 1.29 is 19.8 Å². The Morgan fingerprint density at radius 1 is 1.38 bits per heavy atom. The monoisotopic (exact) mass is 187 g/mol. The van der Waals surface area contributed by atoms with Crippen molar-refractivity contribution >= 4 is 11.9 Å². The predicted octanol–water partition coefficient (Wildman–Crippen LogP) is -0.556. The molecule has 1 amide bonds. The Morgan fingerprint density at radius 3 is 2.54 bits per heavy atom. The maximum atomic E-state index is 11.2. The number of β-amino-alcohol motifs (C(OH)–C–C–N with tert-alkyl or cyclic N) is 1. The van der Waals surface area contributed by atoms with Crippen LogP contribution in [0.4, 0.5) is 0 Å². The van der Waals surface area contributed by atoms with Crippen LogP contribution < -0.4 is 0 Å². The average molecular weight is 187 g/mol. The minimum Gasteiger partial charge on any atom is -0.481 e. The minimum atomic E-state index is -0.965. The highest BCUT2D eigenvalue weighted by molar-refractivity contribution is 5.80. The van der Waals surface area contributed by atoms with Gasteiger partial charge in [-0.3, -0.25) is 9.59 Å². The van der Waals surface area contributed by atoms with E-state index in [1.54, 1.807) is 0 Å². The van der Waals surface area contributed by atoms with E-state index in [2.05, 4.69) is 0 Å². The summed E-state index contributed by atoms with van der Waals surface area (Å²) >= 11 is 0. The maximum Gasteiger partial charge on any atom is 0.303 e. The lowest BCUT2D eigenvalue weighted by Crippen LogP contribution is -2.29. The van der Waals surface area contributed by atoms with Crippen molar-refractivity contribution in [1.29, 1.82) is 0 Å². The first-order valence-corrected chi connectivity index (χ1v) is 4.27. The number of nitrogens with zero attached hydrogens (tertiary/aromatic N) is 1. The minimum absolute atomic E-state index is 0.0298. The fourth-order valence-corrected chi connectivity index (χ4v) is 1.34. The molecular formula is C8H13NO4. The van der Waals surface area contributed by atoms with E-state index < -0.39 is 12.1 Å². The summed E-state index contributed by atoms with van der Waals surface area (Å²) in [5.41, 5.74) is 0. The number of carbonyl (C=O) groups excluding carboxylic acids is 1. The molecule has 1 rings (SSSR count). The van der Waals surface area contributed by atoms with Crippen LogP contribution in [-0.2, 0) is 9.59 Å². The third-order valence-electron chi connectivity index (χ3n) is 2.07. The van der Waals surface area contributed by atoms with Gasteiger partial charge in [0.15, 0.2) is 0 Å². The molecule has 1 aliphatic rings. The van der Waals surface area contributed by atoms with Crippen LogP contribution in [-0.4, -0.2) is 46.2 Å². The molecule has 0 saturated carbocycles. The van der Waals surface area contributed by atoms with Crippen molar-refractivity contribution in [2.75, 3.05) is 13.1 Å². The first-order valence-electron chi connectivity index (χ1n) is 4.27. The van der Waals surface area contributed by atoms with Crippen LogP contribution in [0.3, 0.4) is 0 Å². The molecule has 0 bridgehead atoms. The lowest BCUT2D eigenvalue weighted by Gasteiger charge is -2.14. The van der Waals surface area contributed by atoms with E-state index in [1.807, 2.05) is 0 Å². The van der Waals surface area contributed by atoms with Gasteiger partial charge in [0.05, 0.1) is 12.5 Å². The van der Waals surface area contributed by atoms with Gasteiger partial charge in [-0.2, -0.15) is 0 Å². The third kappa shape index (κ3) is 3.02. The van der Waals surface area contributed by atoms with Crippen molar-refractivity contribution in [2.45, 2.75) is 25.4 Å². The molecule has 1 heterocycles. The lowest BCUT2D eigenvalue weighted by molar-refractivity contribution is -0.140. The van der Waals surface area contributed by atoms with E-state index in [1.165, 1.54) is 4.90 Å². The van der Waals surface area contributed by atoms with E-state index in [0.29, 0.717) is 19.5 Å². The summed E-state index contributed by atoms with van der Waals surface area (Å²) in [6.45, 7) is 0.887. The number of aliphatic hydroxyl groups is 1. The van der Waals surface area contributed by atoms with Gasteiger partial charge in [0.2, 0.25) is 5.91 Å². The van der Waals surface area contributed by atoms with E-state index in [-0.39, 0.29) is 18.7 Å². The molecular weight excluding hydrogens is 174 g/mol. The molecule has 5 nitrogen and oxygen atoms in total. The van der Waals surface area contributed by atoms with E-state index >= 15 is 0 Å². The van der Waals surface area contributed by atoms with Crippen LogP contribution in [0, 0.1) is 0 Å². The quantitative estimate of drug-likeness (QED) is 0.621. The van der Waals surface area contributed by atoms with Crippen molar-refractivity contribution in [2.24, 2.45) is 0 Å². The van der Waals surface area contributed by atoms with Gasteiger partial charge in [0.1, 0.15) is 0 Å². The molecule has 74 valence electrons. The van der Waals surface area contributed by atoms with Crippen LogP contribution >= 0.6 is 0 Å². The number of amides is 1. The smallest absolute Gasteiger partial charge is 0.303 e. The van der Waals surface area contributed by atoms with Crippen molar-refractivity contribution in [3.63, 3.8) is 0 Å². The Balaban J connectivity index is 2.27. The fourth-order valence-electron chi connectivity index (χ4n) is 1.34. The molecule has 1 saturated heterocycles. The van der Waals surface area contributed by atoms with Crippen LogP contribution in [0.25, 0.3) is 0 Å². The molecule has 0 aromatic heterocycles. The Morgan fingerprint density at radius 2 is 2.08 bits per heavy atom. The second kappa shape index (κ2) is 4.23. The highest BCUT2D eigenvalue weighted by atomic mass is 16.4.